The summed E-state index contributed by atoms with van der Waals surface area (Å²) in [6.07, 6.45) is 0. The molecule has 0 nitrogen and oxygen atoms in total. The van der Waals surface area contributed by atoms with Crippen LogP contribution in [0.5, 0.6) is 0 Å². The van der Waals surface area contributed by atoms with Crippen molar-refractivity contribution in [2.45, 2.75) is 0 Å². The summed E-state index contributed by atoms with van der Waals surface area (Å²) in [5.74, 6) is 0. The van der Waals surface area contributed by atoms with Crippen molar-refractivity contribution in [1.82, 2.24) is 0 Å². The van der Waals surface area contributed by atoms with E-state index in [0.29, 0.717) is 0 Å². The Balaban J connectivity index is 0.000000171. The number of hydrogen-bond donors (Lipinski definition) is 0. The van der Waals surface area contributed by atoms with Crippen molar-refractivity contribution in [2.75, 3.05) is 0 Å². The van der Waals surface area contributed by atoms with E-state index < -0.39 is 39.2 Å². The van der Waals surface area contributed by atoms with Crippen molar-refractivity contribution >= 4 is 101 Å². The van der Waals surface area contributed by atoms with Crippen LogP contribution in [0.25, 0.3) is 0 Å². The molecule has 0 spiro atoms. The first-order valence-corrected chi connectivity index (χ1v) is 35.3. The van der Waals surface area contributed by atoms with Crippen molar-refractivity contribution in [3.8, 4) is 0 Å². The Hall–Kier alpha value is -1.33. The van der Waals surface area contributed by atoms with E-state index in [1.165, 1.54) is 26.1 Å². The topological polar surface area (TPSA) is 0 Å². The van der Waals surface area contributed by atoms with Gasteiger partial charge in [0.25, 0.3) is 0 Å². The maximum atomic E-state index is 5.31. The van der Waals surface area contributed by atoms with Gasteiger partial charge in [0.1, 0.15) is 0 Å². The predicted octanol–water partition coefficient (Wildman–Crippen LogP) is 6.94. The maximum absolute atomic E-state index is 5.31. The van der Waals surface area contributed by atoms with E-state index in [2.05, 4.69) is 209 Å². The fourth-order valence-corrected chi connectivity index (χ4v) is 15.4. The van der Waals surface area contributed by atoms with Gasteiger partial charge in [-0.15, -0.1) is 0 Å². The van der Waals surface area contributed by atoms with Crippen molar-refractivity contribution < 1.29 is 9.87 Å². The van der Waals surface area contributed by atoms with Gasteiger partial charge in [-0.2, -0.15) is 0 Å². The monoisotopic (exact) mass is 1040 g/mol. The number of halogens is 4. The number of benzene rings is 6. The molecule has 0 amide bonds. The van der Waals surface area contributed by atoms with Crippen LogP contribution in [0.1, 0.15) is 0 Å². The van der Waals surface area contributed by atoms with Crippen LogP contribution in [0.15, 0.2) is 182 Å². The minimum absolute atomic E-state index is 1.50. The second-order valence-corrected chi connectivity index (χ2v) is 55.7. The molecule has 6 rings (SSSR count). The molecular weight excluding hydrogens is 1010 g/mol. The molecule has 0 aromatic heterocycles. The molecule has 6 aromatic rings. The van der Waals surface area contributed by atoms with Crippen molar-refractivity contribution in [3.05, 3.63) is 182 Å². The molecule has 224 valence electrons. The van der Waals surface area contributed by atoms with E-state index in [9.17, 15) is 0 Å². The normalized spacial score (nSPS) is 11.1. The summed E-state index contributed by atoms with van der Waals surface area (Å²) in [5, 5.41) is 0. The zero-order chi connectivity index (χ0) is 30.3. The molecule has 2 radical (unpaired) electrons. The standard InChI is InChI=1S/2C18H16As.2BrH.2ClH.Pt/c2*1-4-10-16(11-5-1)19(17-12-6-2-7-13-17)18-14-8-3-9-15-18;;;;;/h2*1-15,19H;4*1H;/q;;;;;;+4/p-4. The van der Waals surface area contributed by atoms with E-state index in [0.717, 1.165) is 0 Å². The van der Waals surface area contributed by atoms with Crippen LogP contribution in [-0.2, 0) is 9.87 Å². The molecule has 0 atom stereocenters. The van der Waals surface area contributed by atoms with Gasteiger partial charge in [-0.25, -0.2) is 0 Å². The Morgan fingerprint density at radius 1 is 0.302 bits per heavy atom. The van der Waals surface area contributed by atoms with Crippen LogP contribution in [0.2, 0.25) is 0 Å². The third kappa shape index (κ3) is 12.2. The number of hydrogen-bond acceptors (Lipinski definition) is 0. The summed E-state index contributed by atoms with van der Waals surface area (Å²) in [6, 6.07) is 65.6. The molecule has 0 bridgehead atoms. The molecule has 0 fully saturated rings. The van der Waals surface area contributed by atoms with Crippen molar-refractivity contribution in [1.29, 1.82) is 0 Å². The molecule has 0 heterocycles. The van der Waals surface area contributed by atoms with Gasteiger partial charge in [-0.1, -0.05) is 0 Å². The molecule has 0 saturated carbocycles. The molecule has 6 aromatic carbocycles. The van der Waals surface area contributed by atoms with Gasteiger partial charge in [0.15, 0.2) is 0 Å². The average Bonchev–Trinajstić information content (AvgIpc) is 3.04. The molecule has 0 aliphatic rings. The van der Waals surface area contributed by atoms with Gasteiger partial charge in [0, 0.05) is 0 Å². The predicted molar refractivity (Wildman–Crippen MR) is 200 cm³/mol. The van der Waals surface area contributed by atoms with E-state index in [1.807, 2.05) is 0 Å². The Morgan fingerprint density at radius 3 is 0.535 bits per heavy atom. The molecule has 0 unspecified atom stereocenters. The summed E-state index contributed by atoms with van der Waals surface area (Å²) in [6.45, 7) is 0. The van der Waals surface area contributed by atoms with Crippen LogP contribution >= 0.6 is 45.4 Å². The zero-order valence-electron chi connectivity index (χ0n) is 23.1. The SMILES string of the molecule is [Cl][Pt]([Cl])([Br])[Br].c1ccc([AsH](c2ccccc2)c2ccccc2)cc1.c1ccc([AsH](c2ccccc2)c2ccccc2)cc1. The van der Waals surface area contributed by atoms with Gasteiger partial charge in [0.2, 0.25) is 0 Å². The third-order valence-electron chi connectivity index (χ3n) is 6.37. The van der Waals surface area contributed by atoms with Crippen LogP contribution in [-0.4, -0.2) is 29.3 Å². The summed E-state index contributed by atoms with van der Waals surface area (Å²) in [4.78, 5) is 0. The summed E-state index contributed by atoms with van der Waals surface area (Å²) >= 11 is 2.74. The molecule has 0 aliphatic carbocycles. The Bertz CT molecular complexity index is 1280. The first-order valence-electron chi connectivity index (χ1n) is 13.4. The molecular formula is C36H32As2Br2Cl2Pt. The quantitative estimate of drug-likeness (QED) is 0.159. The second-order valence-electron chi connectivity index (χ2n) is 9.22. The fraction of sp³-hybridized carbons (Fsp3) is 0. The van der Waals surface area contributed by atoms with Crippen LogP contribution in [0.3, 0.4) is 0 Å². The molecule has 43 heavy (non-hydrogen) atoms. The van der Waals surface area contributed by atoms with Crippen LogP contribution < -0.4 is 26.1 Å². The van der Waals surface area contributed by atoms with Crippen LogP contribution in [0, 0.1) is 0 Å². The zero-order valence-corrected chi connectivity index (χ0v) is 34.3. The van der Waals surface area contributed by atoms with Crippen molar-refractivity contribution in [2.24, 2.45) is 0 Å². The Morgan fingerprint density at radius 2 is 0.419 bits per heavy atom. The Labute approximate surface area is 289 Å². The third-order valence-corrected chi connectivity index (χ3v) is 17.8. The van der Waals surface area contributed by atoms with Gasteiger partial charge in [-0.05, 0) is 0 Å². The molecule has 7 heteroatoms. The average molecular weight is 1040 g/mol. The number of rotatable bonds is 6. The van der Waals surface area contributed by atoms with Crippen LogP contribution in [0.4, 0.5) is 0 Å². The molecule has 0 N–H and O–H groups in total. The van der Waals surface area contributed by atoms with E-state index in [-0.39, 0.29) is 0 Å². The minimum atomic E-state index is -2.38. The van der Waals surface area contributed by atoms with Gasteiger partial charge < -0.3 is 0 Å². The van der Waals surface area contributed by atoms with E-state index >= 15 is 0 Å². The summed E-state index contributed by atoms with van der Waals surface area (Å²) in [5.41, 5.74) is 0. The second kappa shape index (κ2) is 18.6. The van der Waals surface area contributed by atoms with Gasteiger partial charge >= 0.3 is 293 Å². The van der Waals surface area contributed by atoms with E-state index in [4.69, 9.17) is 18.8 Å². The van der Waals surface area contributed by atoms with Crippen molar-refractivity contribution in [3.63, 3.8) is 0 Å². The van der Waals surface area contributed by atoms with E-state index in [1.54, 1.807) is 0 Å². The molecule has 0 saturated heterocycles. The summed E-state index contributed by atoms with van der Waals surface area (Å²) < 4.78 is 9.00. The van der Waals surface area contributed by atoms with Gasteiger partial charge in [0.05, 0.1) is 0 Å². The first-order chi connectivity index (χ1) is 20.9. The Kier molecular flexibility index (Phi) is 14.9. The fourth-order valence-electron chi connectivity index (χ4n) is 4.63. The molecule has 0 aliphatic heterocycles. The first kappa shape index (κ1) is 34.5. The summed E-state index contributed by atoms with van der Waals surface area (Å²) in [7, 11) is 8.24. The van der Waals surface area contributed by atoms with Gasteiger partial charge in [-0.3, -0.25) is 0 Å².